The monoisotopic (exact) mass is 423 g/mol. The Morgan fingerprint density at radius 2 is 1.93 bits per heavy atom. The third-order valence-corrected chi connectivity index (χ3v) is 4.74. The minimum Gasteiger partial charge on any atom is -0.458 e. The molecule has 28 heavy (non-hydrogen) atoms. The standard InChI is InChI=1S/C18H29N7OS2/c1-4-19-17(27)23-21-11-15(22-24-18(28)20-5-2)16-9-8-14(26-16)12-25-10-6-7-13(25)3/h8-9,11,13H,4-7,10,12H2,1-3H3,(H2,19,23,27)(H2,20,24,28)/b21-11+,22-15+. The zero-order chi connectivity index (χ0) is 20.4. The molecule has 1 aliphatic rings. The average Bonchev–Trinajstić information content (AvgIpc) is 3.28. The zero-order valence-electron chi connectivity index (χ0n) is 16.6. The van der Waals surface area contributed by atoms with Gasteiger partial charge in [-0.2, -0.15) is 10.2 Å². The third kappa shape index (κ3) is 7.17. The Morgan fingerprint density at radius 1 is 1.21 bits per heavy atom. The van der Waals surface area contributed by atoms with Gasteiger partial charge in [-0.3, -0.25) is 15.8 Å². The van der Waals surface area contributed by atoms with E-state index in [4.69, 9.17) is 28.9 Å². The molecule has 1 aromatic heterocycles. The Labute approximate surface area is 177 Å². The quantitative estimate of drug-likeness (QED) is 0.287. The van der Waals surface area contributed by atoms with Crippen molar-refractivity contribution in [2.24, 2.45) is 10.2 Å². The number of furan rings is 1. The molecule has 1 saturated heterocycles. The maximum absolute atomic E-state index is 6.01. The highest BCUT2D eigenvalue weighted by Crippen LogP contribution is 2.20. The van der Waals surface area contributed by atoms with Crippen LogP contribution in [-0.4, -0.2) is 52.7 Å². The van der Waals surface area contributed by atoms with Gasteiger partial charge < -0.3 is 15.1 Å². The first-order chi connectivity index (χ1) is 13.5. The maximum atomic E-state index is 6.01. The van der Waals surface area contributed by atoms with Gasteiger partial charge in [-0.25, -0.2) is 0 Å². The van der Waals surface area contributed by atoms with Gasteiger partial charge in [0.2, 0.25) is 0 Å². The van der Waals surface area contributed by atoms with Crippen LogP contribution in [-0.2, 0) is 6.54 Å². The van der Waals surface area contributed by atoms with Gasteiger partial charge in [0.05, 0.1) is 12.8 Å². The molecule has 2 heterocycles. The van der Waals surface area contributed by atoms with Crippen molar-refractivity contribution in [2.75, 3.05) is 19.6 Å². The minimum absolute atomic E-state index is 0.433. The van der Waals surface area contributed by atoms with E-state index in [9.17, 15) is 0 Å². The van der Waals surface area contributed by atoms with Gasteiger partial charge in [0.25, 0.3) is 0 Å². The van der Waals surface area contributed by atoms with Crippen LogP contribution in [0.25, 0.3) is 0 Å². The SMILES string of the molecule is CCNC(=S)N/N=C/C(=N\NC(=S)NCC)c1ccc(CN2CCCC2C)o1. The van der Waals surface area contributed by atoms with Crippen molar-refractivity contribution in [3.63, 3.8) is 0 Å². The Morgan fingerprint density at radius 3 is 2.57 bits per heavy atom. The number of hydrogen-bond acceptors (Lipinski definition) is 6. The largest absolute Gasteiger partial charge is 0.458 e. The van der Waals surface area contributed by atoms with Crippen LogP contribution in [0.3, 0.4) is 0 Å². The van der Waals surface area contributed by atoms with Crippen LogP contribution in [0.2, 0.25) is 0 Å². The Balaban J connectivity index is 2.09. The van der Waals surface area contributed by atoms with Crippen LogP contribution in [0.4, 0.5) is 0 Å². The summed E-state index contributed by atoms with van der Waals surface area (Å²) in [5.74, 6) is 1.50. The highest BCUT2D eigenvalue weighted by atomic mass is 32.1. The molecule has 0 bridgehead atoms. The first kappa shape index (κ1) is 22.3. The lowest BCUT2D eigenvalue weighted by molar-refractivity contribution is 0.238. The highest BCUT2D eigenvalue weighted by molar-refractivity contribution is 7.80. The molecule has 1 aromatic rings. The van der Waals surface area contributed by atoms with Crippen molar-refractivity contribution in [2.45, 2.75) is 46.2 Å². The second kappa shape index (κ2) is 11.7. The summed E-state index contributed by atoms with van der Waals surface area (Å²) in [6.07, 6.45) is 4.01. The van der Waals surface area contributed by atoms with Crippen LogP contribution in [0.1, 0.15) is 45.1 Å². The second-order valence-electron chi connectivity index (χ2n) is 6.43. The van der Waals surface area contributed by atoms with E-state index in [1.807, 2.05) is 26.0 Å². The molecule has 154 valence electrons. The molecule has 10 heteroatoms. The van der Waals surface area contributed by atoms with Gasteiger partial charge in [-0.05, 0) is 76.7 Å². The number of hydrazone groups is 2. The van der Waals surface area contributed by atoms with Crippen LogP contribution in [0.15, 0.2) is 26.8 Å². The summed E-state index contributed by atoms with van der Waals surface area (Å²) in [5, 5.41) is 15.3. The summed E-state index contributed by atoms with van der Waals surface area (Å²) < 4.78 is 6.01. The van der Waals surface area contributed by atoms with E-state index in [1.165, 1.54) is 12.8 Å². The number of thiocarbonyl (C=S) groups is 2. The van der Waals surface area contributed by atoms with Crippen molar-refractivity contribution in [1.29, 1.82) is 0 Å². The van der Waals surface area contributed by atoms with Crippen LogP contribution >= 0.6 is 24.4 Å². The maximum Gasteiger partial charge on any atom is 0.186 e. The van der Waals surface area contributed by atoms with Crippen molar-refractivity contribution in [3.8, 4) is 0 Å². The van der Waals surface area contributed by atoms with Crippen molar-refractivity contribution < 1.29 is 4.42 Å². The van der Waals surface area contributed by atoms with Crippen molar-refractivity contribution in [1.82, 2.24) is 26.4 Å². The average molecular weight is 424 g/mol. The normalized spacial score (nSPS) is 17.7. The Bertz CT molecular complexity index is 717. The third-order valence-electron chi connectivity index (χ3n) is 4.27. The zero-order valence-corrected chi connectivity index (χ0v) is 18.3. The van der Waals surface area contributed by atoms with Gasteiger partial charge in [0, 0.05) is 19.1 Å². The van der Waals surface area contributed by atoms with E-state index in [0.29, 0.717) is 34.3 Å². The van der Waals surface area contributed by atoms with E-state index in [-0.39, 0.29) is 0 Å². The smallest absolute Gasteiger partial charge is 0.186 e. The molecule has 0 saturated carbocycles. The van der Waals surface area contributed by atoms with Crippen LogP contribution in [0.5, 0.6) is 0 Å². The molecule has 8 nitrogen and oxygen atoms in total. The van der Waals surface area contributed by atoms with Gasteiger partial charge >= 0.3 is 0 Å². The Kier molecular flexibility index (Phi) is 9.32. The van der Waals surface area contributed by atoms with Crippen LogP contribution in [0, 0.1) is 0 Å². The summed E-state index contributed by atoms with van der Waals surface area (Å²) in [7, 11) is 0. The molecular weight excluding hydrogens is 394 g/mol. The molecule has 1 fully saturated rings. The lowest BCUT2D eigenvalue weighted by Gasteiger charge is -2.19. The van der Waals surface area contributed by atoms with E-state index >= 15 is 0 Å². The topological polar surface area (TPSA) is 89.2 Å². The predicted octanol–water partition coefficient (Wildman–Crippen LogP) is 1.92. The number of nitrogens with one attached hydrogen (secondary N) is 4. The molecule has 1 unspecified atom stereocenters. The summed E-state index contributed by atoms with van der Waals surface area (Å²) in [6, 6.07) is 4.45. The summed E-state index contributed by atoms with van der Waals surface area (Å²) in [5.41, 5.74) is 6.06. The van der Waals surface area contributed by atoms with Crippen molar-refractivity contribution in [3.05, 3.63) is 23.7 Å². The molecule has 0 radical (unpaired) electrons. The van der Waals surface area contributed by atoms with Crippen LogP contribution < -0.4 is 21.5 Å². The van der Waals surface area contributed by atoms with E-state index in [2.05, 4.69) is 43.5 Å². The van der Waals surface area contributed by atoms with Gasteiger partial charge in [0.15, 0.2) is 16.0 Å². The Hall–Kier alpha value is -2.04. The van der Waals surface area contributed by atoms with Crippen molar-refractivity contribution >= 4 is 46.6 Å². The predicted molar refractivity (Wildman–Crippen MR) is 122 cm³/mol. The molecule has 1 aliphatic heterocycles. The minimum atomic E-state index is 0.433. The van der Waals surface area contributed by atoms with Gasteiger partial charge in [-0.15, -0.1) is 0 Å². The van der Waals surface area contributed by atoms with E-state index in [1.54, 1.807) is 6.21 Å². The molecular formula is C18H29N7OS2. The van der Waals surface area contributed by atoms with Gasteiger partial charge in [-0.1, -0.05) is 0 Å². The molecule has 1 atom stereocenters. The number of nitrogens with zero attached hydrogens (tertiary/aromatic N) is 3. The lowest BCUT2D eigenvalue weighted by Crippen LogP contribution is -2.33. The fourth-order valence-electron chi connectivity index (χ4n) is 2.84. The number of likely N-dealkylation sites (tertiary alicyclic amines) is 1. The fourth-order valence-corrected chi connectivity index (χ4v) is 3.23. The lowest BCUT2D eigenvalue weighted by atomic mass is 10.2. The fraction of sp³-hybridized carbons (Fsp3) is 0.556. The summed E-state index contributed by atoms with van der Waals surface area (Å²) >= 11 is 10.3. The number of hydrogen-bond donors (Lipinski definition) is 4. The van der Waals surface area contributed by atoms with Gasteiger partial charge in [0.1, 0.15) is 11.5 Å². The molecule has 0 aliphatic carbocycles. The second-order valence-corrected chi connectivity index (χ2v) is 7.24. The summed E-state index contributed by atoms with van der Waals surface area (Å²) in [6.45, 7) is 9.49. The molecule has 2 rings (SSSR count). The molecule has 0 aromatic carbocycles. The van der Waals surface area contributed by atoms with E-state index in [0.717, 1.165) is 25.4 Å². The first-order valence-electron chi connectivity index (χ1n) is 9.55. The highest BCUT2D eigenvalue weighted by Gasteiger charge is 2.21. The summed E-state index contributed by atoms with van der Waals surface area (Å²) in [4.78, 5) is 2.42. The van der Waals surface area contributed by atoms with E-state index < -0.39 is 0 Å². The number of rotatable bonds is 8. The molecule has 0 spiro atoms. The first-order valence-corrected chi connectivity index (χ1v) is 10.4. The molecule has 4 N–H and O–H groups in total. The molecule has 0 amide bonds.